The first-order chi connectivity index (χ1) is 12.6. The average Bonchev–Trinajstić information content (AvgIpc) is 3.30. The molecule has 0 bridgehead atoms. The summed E-state index contributed by atoms with van der Waals surface area (Å²) in [5, 5.41) is 8.48. The summed E-state index contributed by atoms with van der Waals surface area (Å²) in [6, 6.07) is 6.06. The van der Waals surface area contributed by atoms with Crippen LogP contribution in [0.15, 0.2) is 24.3 Å². The highest BCUT2D eigenvalue weighted by atomic mass is 19.1. The topological polar surface area (TPSA) is 73.5 Å². The Balaban J connectivity index is 1.29. The monoisotopic (exact) mass is 362 g/mol. The maximum atomic E-state index is 12.8. The zero-order chi connectivity index (χ0) is 18.4. The zero-order valence-electron chi connectivity index (χ0n) is 15.0. The summed E-state index contributed by atoms with van der Waals surface area (Å²) in [4.78, 5) is 26.4. The average molecular weight is 362 g/mol. The van der Waals surface area contributed by atoms with E-state index in [1.165, 1.54) is 49.9 Å². The Labute approximate surface area is 153 Å². The third kappa shape index (κ3) is 5.17. The molecule has 0 spiro atoms. The molecule has 1 atom stereocenters. The highest BCUT2D eigenvalue weighted by Gasteiger charge is 2.30. The second-order valence-electron chi connectivity index (χ2n) is 7.08. The Kier molecular flexibility index (Phi) is 6.44. The van der Waals surface area contributed by atoms with Crippen LogP contribution < -0.4 is 16.0 Å². The number of rotatable bonds is 6. The fourth-order valence-electron chi connectivity index (χ4n) is 3.80. The van der Waals surface area contributed by atoms with Crippen LogP contribution in [-0.2, 0) is 0 Å². The van der Waals surface area contributed by atoms with Crippen LogP contribution in [0.1, 0.15) is 42.5 Å². The van der Waals surface area contributed by atoms with Crippen molar-refractivity contribution < 1.29 is 14.0 Å². The molecule has 142 valence electrons. The number of hydrogen-bond donors (Lipinski definition) is 3. The third-order valence-corrected chi connectivity index (χ3v) is 5.20. The minimum Gasteiger partial charge on any atom is -0.350 e. The van der Waals surface area contributed by atoms with Crippen molar-refractivity contribution in [3.05, 3.63) is 35.6 Å². The number of urea groups is 1. The third-order valence-electron chi connectivity index (χ3n) is 5.20. The SMILES string of the molecule is O=C(NCCNC(=O)c1ccc(F)cc1)NC1CCN(C2CCCC2)C1. The number of carbonyl (C=O) groups excluding carboxylic acids is 2. The number of amides is 3. The quantitative estimate of drug-likeness (QED) is 0.677. The van der Waals surface area contributed by atoms with Crippen LogP contribution in [0.5, 0.6) is 0 Å². The van der Waals surface area contributed by atoms with Crippen LogP contribution in [0.25, 0.3) is 0 Å². The van der Waals surface area contributed by atoms with E-state index in [-0.39, 0.29) is 23.8 Å². The molecule has 1 aromatic carbocycles. The molecule has 2 fully saturated rings. The molecule has 26 heavy (non-hydrogen) atoms. The van der Waals surface area contributed by atoms with Crippen molar-refractivity contribution in [3.63, 3.8) is 0 Å². The lowest BCUT2D eigenvalue weighted by Crippen LogP contribution is -2.46. The number of nitrogens with one attached hydrogen (secondary N) is 3. The smallest absolute Gasteiger partial charge is 0.315 e. The molecule has 1 aromatic rings. The molecule has 3 N–H and O–H groups in total. The van der Waals surface area contributed by atoms with Crippen molar-refractivity contribution in [1.29, 1.82) is 0 Å². The van der Waals surface area contributed by atoms with Gasteiger partial charge in [0.2, 0.25) is 0 Å². The van der Waals surface area contributed by atoms with Crippen LogP contribution in [-0.4, -0.2) is 55.1 Å². The molecule has 3 rings (SSSR count). The molecule has 1 saturated heterocycles. The largest absolute Gasteiger partial charge is 0.350 e. The fourth-order valence-corrected chi connectivity index (χ4v) is 3.80. The Hall–Kier alpha value is -2.15. The van der Waals surface area contributed by atoms with E-state index < -0.39 is 0 Å². The van der Waals surface area contributed by atoms with Crippen molar-refractivity contribution in [2.24, 2.45) is 0 Å². The van der Waals surface area contributed by atoms with Gasteiger partial charge in [-0.15, -0.1) is 0 Å². The van der Waals surface area contributed by atoms with Gasteiger partial charge in [0.15, 0.2) is 0 Å². The Bertz CT molecular complexity index is 616. The van der Waals surface area contributed by atoms with Crippen LogP contribution in [0.4, 0.5) is 9.18 Å². The Morgan fingerprint density at radius 3 is 2.46 bits per heavy atom. The van der Waals surface area contributed by atoms with E-state index in [1.807, 2.05) is 0 Å². The molecule has 3 amide bonds. The lowest BCUT2D eigenvalue weighted by Gasteiger charge is -2.23. The first-order valence-corrected chi connectivity index (χ1v) is 9.44. The lowest BCUT2D eigenvalue weighted by atomic mass is 10.2. The summed E-state index contributed by atoms with van der Waals surface area (Å²) in [5.74, 6) is -0.659. The first kappa shape index (κ1) is 18.6. The number of carbonyl (C=O) groups is 2. The van der Waals surface area contributed by atoms with E-state index >= 15 is 0 Å². The predicted molar refractivity (Wildman–Crippen MR) is 97.5 cm³/mol. The molecule has 1 saturated carbocycles. The highest BCUT2D eigenvalue weighted by molar-refractivity contribution is 5.94. The van der Waals surface area contributed by atoms with E-state index in [0.29, 0.717) is 24.7 Å². The molecule has 1 unspecified atom stereocenters. The summed E-state index contributed by atoms with van der Waals surface area (Å²) in [7, 11) is 0. The van der Waals surface area contributed by atoms with Gasteiger partial charge in [-0.1, -0.05) is 12.8 Å². The molecular formula is C19H27FN4O2. The van der Waals surface area contributed by atoms with Crippen molar-refractivity contribution in [3.8, 4) is 0 Å². The first-order valence-electron chi connectivity index (χ1n) is 9.44. The van der Waals surface area contributed by atoms with Gasteiger partial charge >= 0.3 is 6.03 Å². The van der Waals surface area contributed by atoms with E-state index in [0.717, 1.165) is 19.5 Å². The second-order valence-corrected chi connectivity index (χ2v) is 7.08. The molecule has 2 aliphatic rings. The molecule has 1 aliphatic carbocycles. The Morgan fingerprint density at radius 2 is 1.73 bits per heavy atom. The van der Waals surface area contributed by atoms with Crippen LogP contribution in [0.3, 0.4) is 0 Å². The van der Waals surface area contributed by atoms with Crippen molar-refractivity contribution in [2.75, 3.05) is 26.2 Å². The van der Waals surface area contributed by atoms with Gasteiger partial charge in [0.25, 0.3) is 5.91 Å². The van der Waals surface area contributed by atoms with E-state index in [2.05, 4.69) is 20.9 Å². The van der Waals surface area contributed by atoms with Gasteiger partial charge in [-0.05, 0) is 43.5 Å². The maximum Gasteiger partial charge on any atom is 0.315 e. The summed E-state index contributed by atoms with van der Waals surface area (Å²) in [6.07, 6.45) is 6.21. The standard InChI is InChI=1S/C19H27FN4O2/c20-15-7-5-14(6-8-15)18(25)21-10-11-22-19(26)23-16-9-12-24(13-16)17-3-1-2-4-17/h5-8,16-17H,1-4,9-13H2,(H,21,25)(H2,22,23,26). The minimum atomic E-state index is -0.377. The maximum absolute atomic E-state index is 12.8. The van der Waals surface area contributed by atoms with Crippen molar-refractivity contribution >= 4 is 11.9 Å². The lowest BCUT2D eigenvalue weighted by molar-refractivity contribution is 0.0953. The molecule has 7 heteroatoms. The number of likely N-dealkylation sites (tertiary alicyclic amines) is 1. The van der Waals surface area contributed by atoms with Crippen LogP contribution in [0, 0.1) is 5.82 Å². The van der Waals surface area contributed by atoms with Gasteiger partial charge in [-0.25, -0.2) is 9.18 Å². The van der Waals surface area contributed by atoms with Gasteiger partial charge in [0.1, 0.15) is 5.82 Å². The van der Waals surface area contributed by atoms with Gasteiger partial charge in [0, 0.05) is 43.8 Å². The summed E-state index contributed by atoms with van der Waals surface area (Å²) < 4.78 is 12.8. The van der Waals surface area contributed by atoms with Gasteiger partial charge in [0.05, 0.1) is 0 Å². The summed E-state index contributed by atoms with van der Waals surface area (Å²) in [5.41, 5.74) is 0.397. The molecule has 1 heterocycles. The fraction of sp³-hybridized carbons (Fsp3) is 0.579. The van der Waals surface area contributed by atoms with Gasteiger partial charge < -0.3 is 16.0 Å². The van der Waals surface area contributed by atoms with Crippen molar-refractivity contribution in [1.82, 2.24) is 20.9 Å². The van der Waals surface area contributed by atoms with E-state index in [4.69, 9.17) is 0 Å². The van der Waals surface area contributed by atoms with E-state index in [1.54, 1.807) is 0 Å². The van der Waals surface area contributed by atoms with E-state index in [9.17, 15) is 14.0 Å². The minimum absolute atomic E-state index is 0.195. The number of benzene rings is 1. The van der Waals surface area contributed by atoms with Crippen LogP contribution in [0.2, 0.25) is 0 Å². The summed E-state index contributed by atoms with van der Waals surface area (Å²) in [6.45, 7) is 2.66. The molecular weight excluding hydrogens is 335 g/mol. The zero-order valence-corrected chi connectivity index (χ0v) is 15.0. The number of hydrogen-bond acceptors (Lipinski definition) is 3. The van der Waals surface area contributed by atoms with Gasteiger partial charge in [-0.3, -0.25) is 9.69 Å². The molecule has 6 nitrogen and oxygen atoms in total. The molecule has 0 radical (unpaired) electrons. The molecule has 0 aromatic heterocycles. The molecule has 1 aliphatic heterocycles. The highest BCUT2D eigenvalue weighted by Crippen LogP contribution is 2.26. The predicted octanol–water partition coefficient (Wildman–Crippen LogP) is 1.87. The number of nitrogens with zero attached hydrogens (tertiary/aromatic N) is 1. The Morgan fingerprint density at radius 1 is 1.04 bits per heavy atom. The summed E-state index contributed by atoms with van der Waals surface area (Å²) >= 11 is 0. The van der Waals surface area contributed by atoms with Crippen molar-refractivity contribution in [2.45, 2.75) is 44.2 Å². The normalized spacial score (nSPS) is 20.9. The van der Waals surface area contributed by atoms with Gasteiger partial charge in [-0.2, -0.15) is 0 Å². The van der Waals surface area contributed by atoms with Crippen LogP contribution >= 0.6 is 0 Å². The number of halogens is 1. The second kappa shape index (κ2) is 8.98.